The maximum absolute atomic E-state index is 12.5. The number of carbonyl (C=O) groups excluding carboxylic acids is 2. The first-order valence-electron chi connectivity index (χ1n) is 8.20. The molecule has 126 valence electrons. The van der Waals surface area contributed by atoms with Gasteiger partial charge in [0.25, 0.3) is 5.91 Å². The van der Waals surface area contributed by atoms with E-state index >= 15 is 0 Å². The average Bonchev–Trinajstić information content (AvgIpc) is 3.11. The van der Waals surface area contributed by atoms with Crippen LogP contribution in [0.2, 0.25) is 0 Å². The van der Waals surface area contributed by atoms with E-state index in [9.17, 15) is 9.59 Å². The summed E-state index contributed by atoms with van der Waals surface area (Å²) in [5.41, 5.74) is 0. The highest BCUT2D eigenvalue weighted by molar-refractivity contribution is 5.91. The molecular formula is C16H24N4O3. The monoisotopic (exact) mass is 320 g/mol. The first-order chi connectivity index (χ1) is 11.1. The normalized spacial score (nSPS) is 23.1. The molecule has 0 spiro atoms. The summed E-state index contributed by atoms with van der Waals surface area (Å²) in [4.78, 5) is 30.5. The molecule has 2 saturated heterocycles. The Labute approximate surface area is 136 Å². The van der Waals surface area contributed by atoms with Crippen molar-refractivity contribution in [2.45, 2.75) is 13.0 Å². The van der Waals surface area contributed by atoms with Crippen LogP contribution in [0.3, 0.4) is 0 Å². The van der Waals surface area contributed by atoms with Gasteiger partial charge in [0.2, 0.25) is 5.91 Å². The summed E-state index contributed by atoms with van der Waals surface area (Å²) in [6.45, 7) is 7.67. The van der Waals surface area contributed by atoms with Gasteiger partial charge >= 0.3 is 0 Å². The van der Waals surface area contributed by atoms with Crippen LogP contribution in [0.1, 0.15) is 17.5 Å². The smallest absolute Gasteiger partial charge is 0.289 e. The number of rotatable bonds is 3. The lowest BCUT2D eigenvalue weighted by Gasteiger charge is -2.38. The number of carbonyl (C=O) groups is 2. The molecule has 1 aromatic rings. The van der Waals surface area contributed by atoms with E-state index in [1.807, 2.05) is 4.90 Å². The lowest BCUT2D eigenvalue weighted by molar-refractivity contribution is -0.134. The van der Waals surface area contributed by atoms with Crippen LogP contribution in [0.5, 0.6) is 0 Å². The molecular weight excluding hydrogens is 296 g/mol. The number of hydrogen-bond acceptors (Lipinski definition) is 5. The fraction of sp³-hybridized carbons (Fsp3) is 0.625. The van der Waals surface area contributed by atoms with Gasteiger partial charge in [-0.05, 0) is 19.1 Å². The highest BCUT2D eigenvalue weighted by atomic mass is 16.3. The molecule has 0 unspecified atom stereocenters. The van der Waals surface area contributed by atoms with Crippen molar-refractivity contribution in [1.29, 1.82) is 0 Å². The predicted molar refractivity (Wildman–Crippen MR) is 85.1 cm³/mol. The van der Waals surface area contributed by atoms with Crippen molar-refractivity contribution < 1.29 is 14.0 Å². The van der Waals surface area contributed by atoms with Gasteiger partial charge in [0, 0.05) is 51.9 Å². The summed E-state index contributed by atoms with van der Waals surface area (Å²) < 4.78 is 5.15. The van der Waals surface area contributed by atoms with E-state index in [2.05, 4.69) is 17.1 Å². The molecule has 1 N–H and O–H groups in total. The molecule has 3 rings (SSSR count). The van der Waals surface area contributed by atoms with Crippen LogP contribution in [-0.4, -0.2) is 84.9 Å². The largest absolute Gasteiger partial charge is 0.459 e. The van der Waals surface area contributed by atoms with Gasteiger partial charge in [-0.15, -0.1) is 0 Å². The van der Waals surface area contributed by atoms with Crippen molar-refractivity contribution in [3.63, 3.8) is 0 Å². The Morgan fingerprint density at radius 2 is 1.96 bits per heavy atom. The molecule has 0 aromatic carbocycles. The Bertz CT molecular complexity index is 538. The van der Waals surface area contributed by atoms with E-state index < -0.39 is 0 Å². The third-order valence-corrected chi connectivity index (χ3v) is 4.63. The zero-order chi connectivity index (χ0) is 16.2. The SMILES string of the molecule is C[C@@H]1CNCCN1CC(=O)N1CCN(C(=O)c2ccco2)CC1. The zero-order valence-electron chi connectivity index (χ0n) is 13.5. The standard InChI is InChI=1S/C16H24N4O3/c1-13-11-17-4-5-20(13)12-15(21)18-6-8-19(9-7-18)16(22)14-3-2-10-23-14/h2-3,10,13,17H,4-9,11-12H2,1H3/t13-/m1/s1. The molecule has 2 aliphatic rings. The van der Waals surface area contributed by atoms with Crippen LogP contribution in [0.15, 0.2) is 22.8 Å². The molecule has 7 heteroatoms. The van der Waals surface area contributed by atoms with Crippen LogP contribution in [0.4, 0.5) is 0 Å². The molecule has 2 fully saturated rings. The molecule has 0 radical (unpaired) electrons. The van der Waals surface area contributed by atoms with E-state index in [1.165, 1.54) is 6.26 Å². The van der Waals surface area contributed by atoms with Crippen molar-refractivity contribution in [2.75, 3.05) is 52.4 Å². The van der Waals surface area contributed by atoms with Gasteiger partial charge in [-0.25, -0.2) is 0 Å². The topological polar surface area (TPSA) is 69.0 Å². The van der Waals surface area contributed by atoms with E-state index in [-0.39, 0.29) is 11.8 Å². The van der Waals surface area contributed by atoms with Gasteiger partial charge in [0.15, 0.2) is 5.76 Å². The quantitative estimate of drug-likeness (QED) is 0.839. The van der Waals surface area contributed by atoms with Crippen molar-refractivity contribution in [2.24, 2.45) is 0 Å². The van der Waals surface area contributed by atoms with E-state index in [4.69, 9.17) is 4.42 Å². The van der Waals surface area contributed by atoms with Crippen LogP contribution in [-0.2, 0) is 4.79 Å². The van der Waals surface area contributed by atoms with Gasteiger partial charge in [-0.3, -0.25) is 14.5 Å². The molecule has 0 saturated carbocycles. The van der Waals surface area contributed by atoms with E-state index in [0.717, 1.165) is 19.6 Å². The van der Waals surface area contributed by atoms with Crippen molar-refractivity contribution in [1.82, 2.24) is 20.0 Å². The van der Waals surface area contributed by atoms with Gasteiger partial charge in [-0.2, -0.15) is 0 Å². The summed E-state index contributed by atoms with van der Waals surface area (Å²) in [5.74, 6) is 0.418. The summed E-state index contributed by atoms with van der Waals surface area (Å²) in [6.07, 6.45) is 1.50. The van der Waals surface area contributed by atoms with Crippen LogP contribution in [0.25, 0.3) is 0 Å². The maximum atomic E-state index is 12.5. The lowest BCUT2D eigenvalue weighted by Crippen LogP contribution is -2.56. The fourth-order valence-corrected chi connectivity index (χ4v) is 3.11. The van der Waals surface area contributed by atoms with Gasteiger partial charge < -0.3 is 19.5 Å². The second kappa shape index (κ2) is 7.14. The highest BCUT2D eigenvalue weighted by Crippen LogP contribution is 2.10. The fourth-order valence-electron chi connectivity index (χ4n) is 3.11. The third-order valence-electron chi connectivity index (χ3n) is 4.63. The van der Waals surface area contributed by atoms with Crippen molar-refractivity contribution in [3.8, 4) is 0 Å². The number of furan rings is 1. The molecule has 2 amide bonds. The van der Waals surface area contributed by atoms with Gasteiger partial charge in [0.05, 0.1) is 12.8 Å². The molecule has 7 nitrogen and oxygen atoms in total. The summed E-state index contributed by atoms with van der Waals surface area (Å²) in [5, 5.41) is 3.33. The molecule has 1 aromatic heterocycles. The number of amides is 2. The summed E-state index contributed by atoms with van der Waals surface area (Å²) >= 11 is 0. The van der Waals surface area contributed by atoms with E-state index in [1.54, 1.807) is 17.0 Å². The van der Waals surface area contributed by atoms with Gasteiger partial charge in [0.1, 0.15) is 0 Å². The molecule has 1 atom stereocenters. The second-order valence-electron chi connectivity index (χ2n) is 6.17. The van der Waals surface area contributed by atoms with Crippen LogP contribution < -0.4 is 5.32 Å². The molecule has 0 aliphatic carbocycles. The Kier molecular flexibility index (Phi) is 4.97. The number of nitrogens with one attached hydrogen (secondary N) is 1. The Morgan fingerprint density at radius 1 is 1.22 bits per heavy atom. The second-order valence-corrected chi connectivity index (χ2v) is 6.17. The average molecular weight is 320 g/mol. The van der Waals surface area contributed by atoms with Crippen molar-refractivity contribution in [3.05, 3.63) is 24.2 Å². The Balaban J connectivity index is 1.48. The van der Waals surface area contributed by atoms with Gasteiger partial charge in [-0.1, -0.05) is 0 Å². The summed E-state index contributed by atoms with van der Waals surface area (Å²) in [7, 11) is 0. The molecule has 3 heterocycles. The first-order valence-corrected chi connectivity index (χ1v) is 8.20. The molecule has 0 bridgehead atoms. The third kappa shape index (κ3) is 3.73. The summed E-state index contributed by atoms with van der Waals surface area (Å²) in [6, 6.07) is 3.77. The number of hydrogen-bond donors (Lipinski definition) is 1. The van der Waals surface area contributed by atoms with E-state index in [0.29, 0.717) is 44.5 Å². The number of piperazine rings is 2. The highest BCUT2D eigenvalue weighted by Gasteiger charge is 2.28. The lowest BCUT2D eigenvalue weighted by atomic mass is 10.2. The predicted octanol–water partition coefficient (Wildman–Crippen LogP) is -0.142. The minimum atomic E-state index is -0.0992. The minimum Gasteiger partial charge on any atom is -0.459 e. The van der Waals surface area contributed by atoms with Crippen LogP contribution in [0, 0.1) is 0 Å². The number of nitrogens with zero attached hydrogens (tertiary/aromatic N) is 3. The maximum Gasteiger partial charge on any atom is 0.289 e. The first kappa shape index (κ1) is 16.0. The molecule has 2 aliphatic heterocycles. The Morgan fingerprint density at radius 3 is 2.61 bits per heavy atom. The van der Waals surface area contributed by atoms with Crippen LogP contribution >= 0.6 is 0 Å². The minimum absolute atomic E-state index is 0.0992. The zero-order valence-corrected chi connectivity index (χ0v) is 13.5. The molecule has 23 heavy (non-hydrogen) atoms. The Hall–Kier alpha value is -1.86. The van der Waals surface area contributed by atoms with Crippen molar-refractivity contribution >= 4 is 11.8 Å².